The van der Waals surface area contributed by atoms with Gasteiger partial charge in [0, 0.05) is 19.3 Å². The van der Waals surface area contributed by atoms with Gasteiger partial charge in [0.05, 0.1) is 0 Å². The molecule has 76 heavy (non-hydrogen) atoms. The second kappa shape index (κ2) is 64.1. The molecular formula is C70H122O6. The second-order valence-electron chi connectivity index (χ2n) is 21.6. The minimum absolute atomic E-state index is 0.0749. The Morgan fingerprint density at radius 3 is 0.868 bits per heavy atom. The summed E-state index contributed by atoms with van der Waals surface area (Å²) in [5.74, 6) is -0.872. The number of esters is 3. The molecule has 0 aliphatic carbocycles. The first-order valence-electron chi connectivity index (χ1n) is 32.6. The Bertz CT molecular complexity index is 1450. The van der Waals surface area contributed by atoms with E-state index in [1.165, 1.54) is 173 Å². The smallest absolute Gasteiger partial charge is 0.306 e. The fraction of sp³-hybridized carbons (Fsp3) is 0.757. The Labute approximate surface area is 471 Å². The van der Waals surface area contributed by atoms with Crippen molar-refractivity contribution in [3.05, 3.63) is 85.1 Å². The van der Waals surface area contributed by atoms with Crippen molar-refractivity contribution in [2.45, 2.75) is 329 Å². The molecule has 0 aromatic carbocycles. The number of hydrogen-bond donors (Lipinski definition) is 0. The van der Waals surface area contributed by atoms with Gasteiger partial charge in [-0.15, -0.1) is 0 Å². The summed E-state index contributed by atoms with van der Waals surface area (Å²) in [7, 11) is 0. The summed E-state index contributed by atoms with van der Waals surface area (Å²) in [5.41, 5.74) is 0. The van der Waals surface area contributed by atoms with Crippen LogP contribution in [-0.2, 0) is 28.6 Å². The molecule has 0 aromatic rings. The van der Waals surface area contributed by atoms with Crippen LogP contribution in [0.1, 0.15) is 323 Å². The molecule has 6 heteroatoms. The number of ether oxygens (including phenoxy) is 3. The van der Waals surface area contributed by atoms with Gasteiger partial charge in [-0.05, 0) is 89.9 Å². The van der Waals surface area contributed by atoms with Crippen molar-refractivity contribution in [3.8, 4) is 0 Å². The highest BCUT2D eigenvalue weighted by atomic mass is 16.6. The zero-order valence-corrected chi connectivity index (χ0v) is 50.3. The summed E-state index contributed by atoms with van der Waals surface area (Å²) in [6, 6.07) is 0. The average Bonchev–Trinajstić information content (AvgIpc) is 3.42. The number of unbranched alkanes of at least 4 members (excludes halogenated alkanes) is 34. The number of carbonyl (C=O) groups excluding carboxylic acids is 3. The Kier molecular flexibility index (Phi) is 61.2. The maximum absolute atomic E-state index is 12.9. The first kappa shape index (κ1) is 72.6. The molecule has 438 valence electrons. The first-order valence-corrected chi connectivity index (χ1v) is 32.6. The minimum atomic E-state index is -0.776. The molecule has 0 aliphatic heterocycles. The fourth-order valence-electron chi connectivity index (χ4n) is 9.27. The van der Waals surface area contributed by atoms with Crippen LogP contribution in [0, 0.1) is 0 Å². The molecule has 0 aliphatic rings. The largest absolute Gasteiger partial charge is 0.462 e. The van der Waals surface area contributed by atoms with E-state index in [4.69, 9.17) is 14.2 Å². The second-order valence-corrected chi connectivity index (χ2v) is 21.6. The van der Waals surface area contributed by atoms with Crippen molar-refractivity contribution in [2.75, 3.05) is 13.2 Å². The Morgan fingerprint density at radius 2 is 0.539 bits per heavy atom. The van der Waals surface area contributed by atoms with E-state index in [1.807, 2.05) is 0 Å². The van der Waals surface area contributed by atoms with Crippen molar-refractivity contribution in [1.82, 2.24) is 0 Å². The highest BCUT2D eigenvalue weighted by Gasteiger charge is 2.19. The highest BCUT2D eigenvalue weighted by Crippen LogP contribution is 2.17. The number of allylic oxidation sites excluding steroid dienone is 14. The standard InChI is InChI=1S/C70H122O6/c1-4-7-10-13-16-19-22-24-26-27-28-29-30-31-32-33-34-35-36-37-38-39-40-41-42-43-45-46-48-51-54-57-60-63-69(72)75-66-67(65-74-68(71)62-59-56-53-50-21-18-15-12-9-6-3)76-70(73)64-61-58-55-52-49-47-44-25-23-20-17-14-11-8-5-2/h7,10,12,15-16,19,24,26,28-29,31-32,34-35,67H,4-6,8-9,11,13-14,17-18,20-23,25,27,30,33,36-66H2,1-3H3/b10-7-,15-12-,19-16-,26-24-,29-28-,32-31-,35-34-. The summed E-state index contributed by atoms with van der Waals surface area (Å²) in [4.78, 5) is 38.2. The van der Waals surface area contributed by atoms with E-state index in [0.29, 0.717) is 19.3 Å². The lowest BCUT2D eigenvalue weighted by Gasteiger charge is -2.18. The van der Waals surface area contributed by atoms with Gasteiger partial charge >= 0.3 is 17.9 Å². The van der Waals surface area contributed by atoms with E-state index in [2.05, 4.69) is 106 Å². The summed E-state index contributed by atoms with van der Waals surface area (Å²) in [5, 5.41) is 0. The quantitative estimate of drug-likeness (QED) is 0.0261. The van der Waals surface area contributed by atoms with Gasteiger partial charge in [-0.25, -0.2) is 0 Å². The van der Waals surface area contributed by atoms with Gasteiger partial charge in [-0.1, -0.05) is 298 Å². The topological polar surface area (TPSA) is 78.9 Å². The first-order chi connectivity index (χ1) is 37.5. The van der Waals surface area contributed by atoms with Gasteiger partial charge in [-0.3, -0.25) is 14.4 Å². The van der Waals surface area contributed by atoms with E-state index in [1.54, 1.807) is 0 Å². The van der Waals surface area contributed by atoms with Gasteiger partial charge in [0.15, 0.2) is 6.10 Å². The van der Waals surface area contributed by atoms with Crippen LogP contribution in [0.25, 0.3) is 0 Å². The maximum Gasteiger partial charge on any atom is 0.306 e. The zero-order valence-electron chi connectivity index (χ0n) is 50.3. The maximum atomic E-state index is 12.9. The minimum Gasteiger partial charge on any atom is -0.462 e. The van der Waals surface area contributed by atoms with Crippen LogP contribution in [0.15, 0.2) is 85.1 Å². The van der Waals surface area contributed by atoms with Gasteiger partial charge in [-0.2, -0.15) is 0 Å². The van der Waals surface area contributed by atoms with Crippen molar-refractivity contribution in [3.63, 3.8) is 0 Å². The molecule has 0 N–H and O–H groups in total. The number of rotatable bonds is 59. The Balaban J connectivity index is 4.11. The zero-order chi connectivity index (χ0) is 55.0. The molecule has 0 rings (SSSR count). The summed E-state index contributed by atoms with van der Waals surface area (Å²) in [6.07, 6.45) is 84.7. The lowest BCUT2D eigenvalue weighted by molar-refractivity contribution is -0.167. The fourth-order valence-corrected chi connectivity index (χ4v) is 9.27. The lowest BCUT2D eigenvalue weighted by atomic mass is 10.0. The van der Waals surface area contributed by atoms with E-state index in [0.717, 1.165) is 109 Å². The van der Waals surface area contributed by atoms with Gasteiger partial charge in [0.1, 0.15) is 13.2 Å². The average molecular weight is 1060 g/mol. The van der Waals surface area contributed by atoms with Gasteiger partial charge in [0.25, 0.3) is 0 Å². The van der Waals surface area contributed by atoms with Crippen molar-refractivity contribution in [1.29, 1.82) is 0 Å². The molecule has 1 atom stereocenters. The molecule has 1 unspecified atom stereocenters. The molecule has 0 saturated carbocycles. The molecule has 0 radical (unpaired) electrons. The van der Waals surface area contributed by atoms with E-state index >= 15 is 0 Å². The molecule has 0 saturated heterocycles. The lowest BCUT2D eigenvalue weighted by Crippen LogP contribution is -2.30. The van der Waals surface area contributed by atoms with E-state index in [-0.39, 0.29) is 31.1 Å². The summed E-state index contributed by atoms with van der Waals surface area (Å²) in [6.45, 7) is 6.49. The molecule has 0 amide bonds. The number of hydrogen-bond acceptors (Lipinski definition) is 6. The van der Waals surface area contributed by atoms with E-state index < -0.39 is 6.10 Å². The number of carbonyl (C=O) groups is 3. The molecule has 0 fully saturated rings. The predicted octanol–water partition coefficient (Wildman–Crippen LogP) is 22.3. The van der Waals surface area contributed by atoms with Crippen molar-refractivity contribution >= 4 is 17.9 Å². The van der Waals surface area contributed by atoms with Crippen LogP contribution < -0.4 is 0 Å². The SMILES string of the molecule is CC/C=C\C/C=C\C/C=C\C/C=C\C/C=C\C/C=C\CCCCCCCCCCCCCCCCC(=O)OCC(COC(=O)CCCCCCC/C=C\CCC)OC(=O)CCCCCCCCCCCCCCCCC. The third kappa shape index (κ3) is 61.4. The van der Waals surface area contributed by atoms with Crippen molar-refractivity contribution < 1.29 is 28.6 Å². The normalized spacial score (nSPS) is 12.6. The van der Waals surface area contributed by atoms with Crippen LogP contribution in [0.3, 0.4) is 0 Å². The molecule has 0 spiro atoms. The molecular weight excluding hydrogens is 937 g/mol. The molecule has 0 heterocycles. The Morgan fingerprint density at radius 1 is 0.276 bits per heavy atom. The van der Waals surface area contributed by atoms with Gasteiger partial charge < -0.3 is 14.2 Å². The van der Waals surface area contributed by atoms with Crippen LogP contribution in [-0.4, -0.2) is 37.2 Å². The van der Waals surface area contributed by atoms with Crippen LogP contribution in [0.5, 0.6) is 0 Å². The third-order valence-electron chi connectivity index (χ3n) is 14.1. The summed E-state index contributed by atoms with van der Waals surface area (Å²) >= 11 is 0. The van der Waals surface area contributed by atoms with E-state index in [9.17, 15) is 14.4 Å². The molecule has 0 bridgehead atoms. The molecule has 6 nitrogen and oxygen atoms in total. The Hall–Kier alpha value is -3.41. The van der Waals surface area contributed by atoms with Crippen LogP contribution >= 0.6 is 0 Å². The summed E-state index contributed by atoms with van der Waals surface area (Å²) < 4.78 is 16.9. The third-order valence-corrected chi connectivity index (χ3v) is 14.1. The monoisotopic (exact) mass is 1060 g/mol. The predicted molar refractivity (Wildman–Crippen MR) is 330 cm³/mol. The van der Waals surface area contributed by atoms with Crippen molar-refractivity contribution in [2.24, 2.45) is 0 Å². The van der Waals surface area contributed by atoms with Crippen LogP contribution in [0.2, 0.25) is 0 Å². The molecule has 0 aromatic heterocycles. The van der Waals surface area contributed by atoms with Gasteiger partial charge in [0.2, 0.25) is 0 Å². The van der Waals surface area contributed by atoms with Crippen LogP contribution in [0.4, 0.5) is 0 Å². The highest BCUT2D eigenvalue weighted by molar-refractivity contribution is 5.71.